The number of ketones is 1. The summed E-state index contributed by atoms with van der Waals surface area (Å²) in [6, 6.07) is 1.39. The van der Waals surface area contributed by atoms with Gasteiger partial charge in [-0.05, 0) is 33.8 Å². The molecule has 102 valence electrons. The van der Waals surface area contributed by atoms with Crippen molar-refractivity contribution >= 4 is 44.9 Å². The number of Topliss-reactive ketones (excluding diaryl/α,β-unsaturated/α-hetero) is 1. The first kappa shape index (κ1) is 14.4. The molecule has 1 unspecified atom stereocenters. The molecule has 1 aromatic rings. The van der Waals surface area contributed by atoms with E-state index in [0.717, 1.165) is 4.47 Å². The summed E-state index contributed by atoms with van der Waals surface area (Å²) in [7, 11) is 0. The van der Waals surface area contributed by atoms with E-state index in [2.05, 4.69) is 21.2 Å². The van der Waals surface area contributed by atoms with Crippen molar-refractivity contribution < 1.29 is 14.4 Å². The van der Waals surface area contributed by atoms with E-state index in [4.69, 9.17) is 0 Å². The molecule has 0 radical (unpaired) electrons. The number of thiophene rings is 1. The van der Waals surface area contributed by atoms with Crippen LogP contribution in [0.1, 0.15) is 23.0 Å². The molecule has 2 heterocycles. The second-order valence-electron chi connectivity index (χ2n) is 4.26. The Bertz CT molecular complexity index is 529. The third-order valence-corrected chi connectivity index (χ3v) is 4.84. The SMILES string of the molecule is CCC1C(=O)NC(=O)CN1CC(=O)c1sccc1Br. The first-order valence-corrected chi connectivity index (χ1v) is 7.54. The number of rotatable bonds is 4. The van der Waals surface area contributed by atoms with Crippen LogP contribution in [0, 0.1) is 0 Å². The summed E-state index contributed by atoms with van der Waals surface area (Å²) in [5.74, 6) is -0.757. The van der Waals surface area contributed by atoms with Crippen LogP contribution in [-0.2, 0) is 9.59 Å². The number of piperazine rings is 1. The lowest BCUT2D eigenvalue weighted by molar-refractivity contribution is -0.139. The average Bonchev–Trinajstić information content (AvgIpc) is 2.75. The van der Waals surface area contributed by atoms with E-state index < -0.39 is 6.04 Å². The predicted octanol–water partition coefficient (Wildman–Crippen LogP) is 1.43. The van der Waals surface area contributed by atoms with Crippen molar-refractivity contribution in [2.45, 2.75) is 19.4 Å². The lowest BCUT2D eigenvalue weighted by Gasteiger charge is -2.32. The van der Waals surface area contributed by atoms with Gasteiger partial charge in [0.2, 0.25) is 11.8 Å². The Morgan fingerprint density at radius 2 is 2.32 bits per heavy atom. The standard InChI is InChI=1S/C12H13BrN2O3S/c1-2-8-12(18)14-10(17)6-15(8)5-9(16)11-7(13)3-4-19-11/h3-4,8H,2,5-6H2,1H3,(H,14,17,18). The molecule has 1 saturated heterocycles. The monoisotopic (exact) mass is 344 g/mol. The molecule has 0 aliphatic carbocycles. The minimum absolute atomic E-state index is 0.0801. The fourth-order valence-electron chi connectivity index (χ4n) is 2.08. The van der Waals surface area contributed by atoms with Gasteiger partial charge in [0.25, 0.3) is 0 Å². The molecule has 0 saturated carbocycles. The first-order valence-electron chi connectivity index (χ1n) is 5.86. The van der Waals surface area contributed by atoms with Gasteiger partial charge in [-0.3, -0.25) is 24.6 Å². The van der Waals surface area contributed by atoms with Crippen molar-refractivity contribution in [3.8, 4) is 0 Å². The number of halogens is 1. The quantitative estimate of drug-likeness (QED) is 0.662. The number of carbonyl (C=O) groups is 3. The minimum atomic E-state index is -0.416. The van der Waals surface area contributed by atoms with Crippen LogP contribution in [0.5, 0.6) is 0 Å². The van der Waals surface area contributed by atoms with E-state index in [1.165, 1.54) is 11.3 Å². The summed E-state index contributed by atoms with van der Waals surface area (Å²) in [6.45, 7) is 2.02. The van der Waals surface area contributed by atoms with E-state index in [1.54, 1.807) is 4.90 Å². The van der Waals surface area contributed by atoms with Gasteiger partial charge in [0.05, 0.1) is 24.0 Å². The smallest absolute Gasteiger partial charge is 0.243 e. The van der Waals surface area contributed by atoms with Gasteiger partial charge in [-0.1, -0.05) is 6.92 Å². The number of hydrogen-bond acceptors (Lipinski definition) is 5. The van der Waals surface area contributed by atoms with Crippen LogP contribution in [0.2, 0.25) is 0 Å². The van der Waals surface area contributed by atoms with Gasteiger partial charge < -0.3 is 0 Å². The molecule has 1 N–H and O–H groups in total. The Kier molecular flexibility index (Phi) is 4.49. The Morgan fingerprint density at radius 3 is 2.89 bits per heavy atom. The van der Waals surface area contributed by atoms with Crippen LogP contribution >= 0.6 is 27.3 Å². The maximum Gasteiger partial charge on any atom is 0.243 e. The zero-order valence-electron chi connectivity index (χ0n) is 10.3. The van der Waals surface area contributed by atoms with Crippen LogP contribution in [0.4, 0.5) is 0 Å². The molecule has 1 fully saturated rings. The molecule has 1 aliphatic heterocycles. The molecular weight excluding hydrogens is 332 g/mol. The van der Waals surface area contributed by atoms with E-state index >= 15 is 0 Å². The van der Waals surface area contributed by atoms with Crippen molar-refractivity contribution in [3.63, 3.8) is 0 Å². The summed E-state index contributed by atoms with van der Waals surface area (Å²) >= 11 is 4.66. The fourth-order valence-corrected chi connectivity index (χ4v) is 3.60. The average molecular weight is 345 g/mol. The van der Waals surface area contributed by atoms with E-state index in [9.17, 15) is 14.4 Å². The van der Waals surface area contributed by atoms with Gasteiger partial charge in [0.15, 0.2) is 5.78 Å². The predicted molar refractivity (Wildman–Crippen MR) is 75.2 cm³/mol. The van der Waals surface area contributed by atoms with Crippen LogP contribution in [0.25, 0.3) is 0 Å². The van der Waals surface area contributed by atoms with Gasteiger partial charge in [-0.15, -0.1) is 11.3 Å². The molecule has 0 bridgehead atoms. The maximum atomic E-state index is 12.2. The highest BCUT2D eigenvalue weighted by Gasteiger charge is 2.33. The molecule has 1 aliphatic rings. The molecule has 7 heteroatoms. The Balaban J connectivity index is 2.12. The molecule has 5 nitrogen and oxygen atoms in total. The van der Waals surface area contributed by atoms with E-state index in [0.29, 0.717) is 11.3 Å². The van der Waals surface area contributed by atoms with Crippen LogP contribution in [-0.4, -0.2) is 41.6 Å². The molecule has 19 heavy (non-hydrogen) atoms. The van der Waals surface area contributed by atoms with Crippen molar-refractivity contribution in [2.24, 2.45) is 0 Å². The summed E-state index contributed by atoms with van der Waals surface area (Å²) in [5, 5.41) is 4.11. The van der Waals surface area contributed by atoms with Gasteiger partial charge in [-0.25, -0.2) is 0 Å². The molecule has 2 rings (SSSR count). The van der Waals surface area contributed by atoms with E-state index in [-0.39, 0.29) is 30.7 Å². The van der Waals surface area contributed by atoms with Crippen LogP contribution in [0.3, 0.4) is 0 Å². The van der Waals surface area contributed by atoms with Crippen molar-refractivity contribution in [1.82, 2.24) is 10.2 Å². The van der Waals surface area contributed by atoms with Crippen LogP contribution in [0.15, 0.2) is 15.9 Å². The topological polar surface area (TPSA) is 66.5 Å². The largest absolute Gasteiger partial charge is 0.294 e. The minimum Gasteiger partial charge on any atom is -0.294 e. The first-order chi connectivity index (χ1) is 9.02. The maximum absolute atomic E-state index is 12.2. The Labute approximate surface area is 123 Å². The van der Waals surface area contributed by atoms with Gasteiger partial charge in [0, 0.05) is 4.47 Å². The highest BCUT2D eigenvalue weighted by atomic mass is 79.9. The van der Waals surface area contributed by atoms with Gasteiger partial charge in [0.1, 0.15) is 0 Å². The Morgan fingerprint density at radius 1 is 1.58 bits per heavy atom. The summed E-state index contributed by atoms with van der Waals surface area (Å²) < 4.78 is 0.753. The number of hydrogen-bond donors (Lipinski definition) is 1. The lowest BCUT2D eigenvalue weighted by atomic mass is 10.1. The summed E-state index contributed by atoms with van der Waals surface area (Å²) in [6.07, 6.45) is 0.567. The van der Waals surface area contributed by atoms with Crippen molar-refractivity contribution in [2.75, 3.05) is 13.1 Å². The molecular formula is C12H13BrN2O3S. The van der Waals surface area contributed by atoms with Gasteiger partial charge in [-0.2, -0.15) is 0 Å². The zero-order chi connectivity index (χ0) is 14.0. The molecule has 0 spiro atoms. The number of amides is 2. The zero-order valence-corrected chi connectivity index (χ0v) is 12.7. The van der Waals surface area contributed by atoms with Crippen LogP contribution < -0.4 is 5.32 Å². The van der Waals surface area contributed by atoms with Crippen molar-refractivity contribution in [1.29, 1.82) is 0 Å². The number of nitrogens with one attached hydrogen (secondary N) is 1. The number of nitrogens with zero attached hydrogens (tertiary/aromatic N) is 1. The third-order valence-electron chi connectivity index (χ3n) is 2.96. The fraction of sp³-hybridized carbons (Fsp3) is 0.417. The molecule has 2 amide bonds. The second kappa shape index (κ2) is 5.94. The highest BCUT2D eigenvalue weighted by molar-refractivity contribution is 9.10. The second-order valence-corrected chi connectivity index (χ2v) is 6.03. The molecule has 0 aromatic carbocycles. The normalized spacial score (nSPS) is 20.4. The highest BCUT2D eigenvalue weighted by Crippen LogP contribution is 2.24. The van der Waals surface area contributed by atoms with Crippen molar-refractivity contribution in [3.05, 3.63) is 20.8 Å². The summed E-state index contributed by atoms with van der Waals surface area (Å²) in [4.78, 5) is 37.5. The molecule has 1 aromatic heterocycles. The summed E-state index contributed by atoms with van der Waals surface area (Å²) in [5.41, 5.74) is 0. The lowest BCUT2D eigenvalue weighted by Crippen LogP contribution is -2.58. The molecule has 1 atom stereocenters. The van der Waals surface area contributed by atoms with Gasteiger partial charge >= 0.3 is 0 Å². The number of carbonyl (C=O) groups excluding carboxylic acids is 3. The van der Waals surface area contributed by atoms with E-state index in [1.807, 2.05) is 18.4 Å². The Hall–Kier alpha value is -1.05. The number of imide groups is 1. The third kappa shape index (κ3) is 3.10.